The number of nitrogens with one attached hydrogen (secondary N) is 2. The lowest BCUT2D eigenvalue weighted by atomic mass is 9.77. The summed E-state index contributed by atoms with van der Waals surface area (Å²) < 4.78 is 0. The summed E-state index contributed by atoms with van der Waals surface area (Å²) in [5.41, 5.74) is 1.05. The Kier molecular flexibility index (Phi) is 4.10. The van der Waals surface area contributed by atoms with Crippen LogP contribution in [-0.2, 0) is 11.3 Å². The summed E-state index contributed by atoms with van der Waals surface area (Å²) in [5, 5.41) is 3.11. The third kappa shape index (κ3) is 2.95. The van der Waals surface area contributed by atoms with E-state index in [2.05, 4.69) is 24.1 Å². The fourth-order valence-electron chi connectivity index (χ4n) is 3.20. The zero-order chi connectivity index (χ0) is 13.0. The normalized spacial score (nSPS) is 18.2. The van der Waals surface area contributed by atoms with Crippen molar-refractivity contribution < 1.29 is 4.79 Å². The summed E-state index contributed by atoms with van der Waals surface area (Å²) in [5.74, 6) is 0.844. The van der Waals surface area contributed by atoms with Crippen LogP contribution < -0.4 is 5.32 Å². The van der Waals surface area contributed by atoms with Crippen molar-refractivity contribution in [2.24, 2.45) is 11.3 Å². The number of hydrogen-bond acceptors (Lipinski definition) is 1. The number of hydrogen-bond donors (Lipinski definition) is 2. The van der Waals surface area contributed by atoms with Crippen LogP contribution in [0.1, 0.15) is 51.5 Å². The highest BCUT2D eigenvalue weighted by Gasteiger charge is 2.40. The van der Waals surface area contributed by atoms with E-state index in [1.165, 1.54) is 12.8 Å². The number of aromatic amines is 1. The zero-order valence-electron chi connectivity index (χ0n) is 11.5. The first-order chi connectivity index (χ1) is 8.62. The zero-order valence-corrected chi connectivity index (χ0v) is 11.5. The van der Waals surface area contributed by atoms with Crippen LogP contribution in [0, 0.1) is 11.3 Å². The lowest BCUT2D eigenvalue weighted by Crippen LogP contribution is -2.39. The molecule has 0 radical (unpaired) electrons. The van der Waals surface area contributed by atoms with Gasteiger partial charge in [-0.2, -0.15) is 0 Å². The maximum Gasteiger partial charge on any atom is 0.226 e. The Bertz CT molecular complexity index is 375. The third-order valence-corrected chi connectivity index (χ3v) is 3.96. The molecule has 1 aromatic heterocycles. The number of aromatic nitrogens is 1. The van der Waals surface area contributed by atoms with Gasteiger partial charge in [0.2, 0.25) is 5.91 Å². The van der Waals surface area contributed by atoms with Gasteiger partial charge in [0.25, 0.3) is 0 Å². The van der Waals surface area contributed by atoms with Gasteiger partial charge in [-0.05, 0) is 36.8 Å². The van der Waals surface area contributed by atoms with E-state index in [1.54, 1.807) is 0 Å². The number of amides is 1. The van der Waals surface area contributed by atoms with E-state index < -0.39 is 0 Å². The molecule has 1 aromatic rings. The lowest BCUT2D eigenvalue weighted by molar-refractivity contribution is -0.132. The number of carbonyl (C=O) groups is 1. The molecule has 1 aliphatic rings. The molecule has 18 heavy (non-hydrogen) atoms. The predicted molar refractivity (Wildman–Crippen MR) is 73.0 cm³/mol. The molecule has 1 aliphatic carbocycles. The van der Waals surface area contributed by atoms with E-state index >= 15 is 0 Å². The van der Waals surface area contributed by atoms with E-state index in [0.29, 0.717) is 12.5 Å². The molecule has 3 heteroatoms. The van der Waals surface area contributed by atoms with Crippen LogP contribution >= 0.6 is 0 Å². The summed E-state index contributed by atoms with van der Waals surface area (Å²) in [6.45, 7) is 5.06. The summed E-state index contributed by atoms with van der Waals surface area (Å²) >= 11 is 0. The minimum Gasteiger partial charge on any atom is -0.367 e. The van der Waals surface area contributed by atoms with Crippen molar-refractivity contribution in [2.45, 2.75) is 52.5 Å². The molecule has 100 valence electrons. The van der Waals surface area contributed by atoms with Crippen molar-refractivity contribution in [1.29, 1.82) is 0 Å². The SMILES string of the molecule is CC(C)CC1(C(=O)NCc2cc[nH]c2)CCCC1. The first-order valence-electron chi connectivity index (χ1n) is 7.02. The van der Waals surface area contributed by atoms with E-state index in [-0.39, 0.29) is 11.3 Å². The van der Waals surface area contributed by atoms with Crippen molar-refractivity contribution in [2.75, 3.05) is 0 Å². The molecule has 0 spiro atoms. The first-order valence-corrected chi connectivity index (χ1v) is 7.02. The van der Waals surface area contributed by atoms with Gasteiger partial charge in [-0.25, -0.2) is 0 Å². The maximum absolute atomic E-state index is 12.5. The quantitative estimate of drug-likeness (QED) is 0.825. The van der Waals surface area contributed by atoms with Gasteiger partial charge >= 0.3 is 0 Å². The molecule has 0 bridgehead atoms. The Morgan fingerprint density at radius 3 is 2.72 bits per heavy atom. The van der Waals surface area contributed by atoms with Crippen molar-refractivity contribution in [3.8, 4) is 0 Å². The van der Waals surface area contributed by atoms with Gasteiger partial charge in [0.1, 0.15) is 0 Å². The highest BCUT2D eigenvalue weighted by molar-refractivity contribution is 5.82. The van der Waals surface area contributed by atoms with Gasteiger partial charge in [0.05, 0.1) is 0 Å². The van der Waals surface area contributed by atoms with Gasteiger partial charge < -0.3 is 10.3 Å². The van der Waals surface area contributed by atoms with Crippen LogP contribution in [0.15, 0.2) is 18.5 Å². The molecule has 1 saturated carbocycles. The number of rotatable bonds is 5. The molecule has 1 amide bonds. The van der Waals surface area contributed by atoms with E-state index in [1.807, 2.05) is 18.5 Å². The molecule has 1 fully saturated rings. The number of H-pyrrole nitrogens is 1. The maximum atomic E-state index is 12.5. The third-order valence-electron chi connectivity index (χ3n) is 3.96. The molecule has 2 N–H and O–H groups in total. The number of carbonyl (C=O) groups excluding carboxylic acids is 1. The van der Waals surface area contributed by atoms with Crippen molar-refractivity contribution in [3.63, 3.8) is 0 Å². The molecule has 3 nitrogen and oxygen atoms in total. The average Bonchev–Trinajstić information content (AvgIpc) is 2.96. The summed E-state index contributed by atoms with van der Waals surface area (Å²) in [4.78, 5) is 15.5. The summed E-state index contributed by atoms with van der Waals surface area (Å²) in [6.07, 6.45) is 9.36. The second kappa shape index (κ2) is 5.59. The highest BCUT2D eigenvalue weighted by atomic mass is 16.2. The minimum atomic E-state index is -0.0928. The molecular weight excluding hydrogens is 224 g/mol. The monoisotopic (exact) mass is 248 g/mol. The fraction of sp³-hybridized carbons (Fsp3) is 0.667. The van der Waals surface area contributed by atoms with Gasteiger partial charge in [-0.1, -0.05) is 26.7 Å². The van der Waals surface area contributed by atoms with Crippen LogP contribution in [0.25, 0.3) is 0 Å². The topological polar surface area (TPSA) is 44.9 Å². The molecule has 0 aromatic carbocycles. The van der Waals surface area contributed by atoms with Gasteiger partial charge in [-0.3, -0.25) is 4.79 Å². The Morgan fingerprint density at radius 1 is 1.44 bits per heavy atom. The molecule has 2 rings (SSSR count). The van der Waals surface area contributed by atoms with Gasteiger partial charge in [-0.15, -0.1) is 0 Å². The molecule has 0 aliphatic heterocycles. The highest BCUT2D eigenvalue weighted by Crippen LogP contribution is 2.43. The van der Waals surface area contributed by atoms with Crippen LogP contribution in [0.3, 0.4) is 0 Å². The van der Waals surface area contributed by atoms with Crippen LogP contribution in [0.4, 0.5) is 0 Å². The van der Waals surface area contributed by atoms with Gasteiger partial charge in [0, 0.05) is 24.4 Å². The lowest BCUT2D eigenvalue weighted by Gasteiger charge is -2.29. The fourth-order valence-corrected chi connectivity index (χ4v) is 3.20. The van der Waals surface area contributed by atoms with E-state index in [4.69, 9.17) is 0 Å². The Balaban J connectivity index is 1.95. The van der Waals surface area contributed by atoms with Gasteiger partial charge in [0.15, 0.2) is 0 Å². The molecular formula is C15H24N2O. The Labute approximate surface area is 109 Å². The molecule has 0 atom stereocenters. The smallest absolute Gasteiger partial charge is 0.226 e. The van der Waals surface area contributed by atoms with Crippen LogP contribution in [-0.4, -0.2) is 10.9 Å². The van der Waals surface area contributed by atoms with Crippen LogP contribution in [0.5, 0.6) is 0 Å². The summed E-state index contributed by atoms with van der Waals surface area (Å²) in [6, 6.07) is 2.00. The minimum absolute atomic E-state index is 0.0928. The average molecular weight is 248 g/mol. The van der Waals surface area contributed by atoms with Crippen molar-refractivity contribution >= 4 is 5.91 Å². The van der Waals surface area contributed by atoms with Crippen molar-refractivity contribution in [3.05, 3.63) is 24.0 Å². The van der Waals surface area contributed by atoms with E-state index in [0.717, 1.165) is 24.8 Å². The second-order valence-corrected chi connectivity index (χ2v) is 5.99. The predicted octanol–water partition coefficient (Wildman–Crippen LogP) is 3.24. The molecule has 0 saturated heterocycles. The van der Waals surface area contributed by atoms with Crippen LogP contribution in [0.2, 0.25) is 0 Å². The Morgan fingerprint density at radius 2 is 2.17 bits per heavy atom. The molecule has 0 unspecified atom stereocenters. The van der Waals surface area contributed by atoms with E-state index in [9.17, 15) is 4.79 Å². The Hall–Kier alpha value is -1.25. The summed E-state index contributed by atoms with van der Waals surface area (Å²) in [7, 11) is 0. The second-order valence-electron chi connectivity index (χ2n) is 5.99. The van der Waals surface area contributed by atoms with Crippen molar-refractivity contribution in [1.82, 2.24) is 10.3 Å². The first kappa shape index (κ1) is 13.2. The standard InChI is InChI=1S/C15H24N2O/c1-12(2)9-15(6-3-4-7-15)14(18)17-11-13-5-8-16-10-13/h5,8,10,12,16H,3-4,6-7,9,11H2,1-2H3,(H,17,18). The largest absolute Gasteiger partial charge is 0.367 e. The molecule has 1 heterocycles.